The highest BCUT2D eigenvalue weighted by Gasteiger charge is 2.62. The molecule has 0 aromatic carbocycles. The first kappa shape index (κ1) is 24.0. The van der Waals surface area contributed by atoms with Crippen molar-refractivity contribution < 1.29 is 13.2 Å². The van der Waals surface area contributed by atoms with Gasteiger partial charge < -0.3 is 14.5 Å². The summed E-state index contributed by atoms with van der Waals surface area (Å²) in [6, 6.07) is 5.60. The quantitative estimate of drug-likeness (QED) is 0.352. The monoisotopic (exact) mass is 530 g/mol. The molecule has 1 aliphatic carbocycles. The minimum absolute atomic E-state index is 0.0233. The summed E-state index contributed by atoms with van der Waals surface area (Å²) >= 11 is 6.56. The molecule has 0 amide bonds. The maximum Gasteiger partial charge on any atom is 0.401 e. The van der Waals surface area contributed by atoms with Crippen LogP contribution >= 0.6 is 11.6 Å². The lowest BCUT2D eigenvalue weighted by Crippen LogP contribution is -2.50. The van der Waals surface area contributed by atoms with Crippen molar-refractivity contribution in [2.75, 3.05) is 5.32 Å². The van der Waals surface area contributed by atoms with Crippen molar-refractivity contribution in [2.24, 2.45) is 12.5 Å². The van der Waals surface area contributed by atoms with Gasteiger partial charge in [0.1, 0.15) is 22.9 Å². The van der Waals surface area contributed by atoms with E-state index in [0.717, 1.165) is 16.9 Å². The molecule has 0 atom stereocenters. The van der Waals surface area contributed by atoms with Gasteiger partial charge in [-0.3, -0.25) is 4.68 Å². The highest BCUT2D eigenvalue weighted by atomic mass is 35.5. The fraction of sp³-hybridized carbons (Fsp3) is 0.440. The van der Waals surface area contributed by atoms with Gasteiger partial charge in [0, 0.05) is 55.1 Å². The molecule has 194 valence electrons. The van der Waals surface area contributed by atoms with E-state index in [0.29, 0.717) is 41.9 Å². The summed E-state index contributed by atoms with van der Waals surface area (Å²) in [7, 11) is 1.82. The molecule has 37 heavy (non-hydrogen) atoms. The molecule has 8 nitrogen and oxygen atoms in total. The first-order valence-corrected chi connectivity index (χ1v) is 12.5. The summed E-state index contributed by atoms with van der Waals surface area (Å²) < 4.78 is 48.1. The van der Waals surface area contributed by atoms with Crippen LogP contribution in [0.3, 0.4) is 0 Å². The number of alkyl halides is 3. The van der Waals surface area contributed by atoms with Crippen LogP contribution in [0.25, 0.3) is 22.6 Å². The Balaban J connectivity index is 1.45. The Kier molecular flexibility index (Phi) is 5.24. The second-order valence-electron chi connectivity index (χ2n) is 10.8. The number of aryl methyl sites for hydroxylation is 1. The third-order valence-corrected chi connectivity index (χ3v) is 7.78. The molecule has 5 heterocycles. The molecule has 12 heteroatoms. The highest BCUT2D eigenvalue weighted by Crippen LogP contribution is 2.55. The first-order valence-electron chi connectivity index (χ1n) is 12.1. The van der Waals surface area contributed by atoms with Gasteiger partial charge >= 0.3 is 6.18 Å². The van der Waals surface area contributed by atoms with Crippen molar-refractivity contribution in [1.29, 1.82) is 0 Å². The number of hydrogen-bond acceptors (Lipinski definition) is 5. The van der Waals surface area contributed by atoms with Crippen LogP contribution in [0.15, 0.2) is 36.8 Å². The zero-order chi connectivity index (χ0) is 26.2. The average molecular weight is 531 g/mol. The minimum atomic E-state index is -4.37. The molecule has 0 bridgehead atoms. The number of anilines is 2. The van der Waals surface area contributed by atoms with Crippen molar-refractivity contribution in [3.05, 3.63) is 47.6 Å². The summed E-state index contributed by atoms with van der Waals surface area (Å²) in [5.74, 6) is 1.83. The molecule has 4 aromatic rings. The number of nitrogens with zero attached hydrogens (tertiary/aromatic N) is 7. The molecule has 6 rings (SSSR count). The van der Waals surface area contributed by atoms with E-state index < -0.39 is 11.6 Å². The topological polar surface area (TPSA) is 78.4 Å². The SMILES string of the molecule is Cn1nccc1Nc1cc(-c2cc3n(c2)CC(C)(C)Cn2c-3nnc2C2(C(F)(F)F)CCC2)c(Cl)cn1. The van der Waals surface area contributed by atoms with Crippen LogP contribution in [0.5, 0.6) is 0 Å². The minimum Gasteiger partial charge on any atom is -0.344 e. The Morgan fingerprint density at radius 3 is 2.54 bits per heavy atom. The zero-order valence-corrected chi connectivity index (χ0v) is 21.4. The van der Waals surface area contributed by atoms with Crippen LogP contribution in [0, 0.1) is 5.41 Å². The van der Waals surface area contributed by atoms with Crippen LogP contribution < -0.4 is 5.32 Å². The van der Waals surface area contributed by atoms with Crippen LogP contribution in [-0.4, -0.2) is 40.3 Å². The third-order valence-electron chi connectivity index (χ3n) is 7.48. The van der Waals surface area contributed by atoms with E-state index in [9.17, 15) is 13.2 Å². The van der Waals surface area contributed by atoms with Crippen LogP contribution in [-0.2, 0) is 25.6 Å². The normalized spacial score (nSPS) is 18.0. The van der Waals surface area contributed by atoms with Gasteiger partial charge in [-0.2, -0.15) is 18.3 Å². The second kappa shape index (κ2) is 8.08. The lowest BCUT2D eigenvalue weighted by molar-refractivity contribution is -0.216. The van der Waals surface area contributed by atoms with Gasteiger partial charge in [-0.15, -0.1) is 10.2 Å². The molecule has 0 spiro atoms. The Hall–Kier alpha value is -3.34. The van der Waals surface area contributed by atoms with E-state index in [1.54, 1.807) is 21.6 Å². The van der Waals surface area contributed by atoms with E-state index in [1.165, 1.54) is 0 Å². The van der Waals surface area contributed by atoms with Gasteiger partial charge in [0.25, 0.3) is 0 Å². The molecule has 0 saturated heterocycles. The second-order valence-corrected chi connectivity index (χ2v) is 11.2. The van der Waals surface area contributed by atoms with E-state index in [2.05, 4.69) is 25.6 Å². The summed E-state index contributed by atoms with van der Waals surface area (Å²) in [4.78, 5) is 4.38. The van der Waals surface area contributed by atoms with Gasteiger partial charge in [-0.05, 0) is 25.0 Å². The third kappa shape index (κ3) is 3.82. The predicted molar refractivity (Wildman–Crippen MR) is 134 cm³/mol. The van der Waals surface area contributed by atoms with Gasteiger partial charge in [-0.1, -0.05) is 31.9 Å². The highest BCUT2D eigenvalue weighted by molar-refractivity contribution is 6.33. The summed E-state index contributed by atoms with van der Waals surface area (Å²) in [5.41, 5.74) is 0.0120. The van der Waals surface area contributed by atoms with E-state index in [-0.39, 0.29) is 24.1 Å². The molecule has 2 aliphatic rings. The van der Waals surface area contributed by atoms with Crippen molar-refractivity contribution >= 4 is 23.2 Å². The van der Waals surface area contributed by atoms with Crippen molar-refractivity contribution in [3.8, 4) is 22.6 Å². The molecule has 4 aromatic heterocycles. The molecular formula is C25H26ClF3N8. The zero-order valence-electron chi connectivity index (χ0n) is 20.6. The Bertz CT molecular complexity index is 1490. The van der Waals surface area contributed by atoms with Gasteiger partial charge in [0.05, 0.1) is 16.9 Å². The number of hydrogen-bond donors (Lipinski definition) is 1. The summed E-state index contributed by atoms with van der Waals surface area (Å²) in [6.07, 6.45) is 1.47. The molecule has 1 N–H and O–H groups in total. The number of aromatic nitrogens is 7. The molecule has 1 saturated carbocycles. The van der Waals surface area contributed by atoms with Crippen LogP contribution in [0.1, 0.15) is 38.9 Å². The molecule has 1 aliphatic heterocycles. The lowest BCUT2D eigenvalue weighted by atomic mass is 9.67. The van der Waals surface area contributed by atoms with E-state index in [4.69, 9.17) is 11.6 Å². The number of fused-ring (bicyclic) bond motifs is 3. The molecular weight excluding hydrogens is 505 g/mol. The number of rotatable bonds is 4. The van der Waals surface area contributed by atoms with Gasteiger partial charge in [0.15, 0.2) is 5.82 Å². The fourth-order valence-electron chi connectivity index (χ4n) is 5.43. The van der Waals surface area contributed by atoms with Crippen molar-refractivity contribution in [2.45, 2.75) is 57.8 Å². The summed E-state index contributed by atoms with van der Waals surface area (Å²) in [6.45, 7) is 5.10. The fourth-order valence-corrected chi connectivity index (χ4v) is 5.64. The molecule has 0 radical (unpaired) electrons. The van der Waals surface area contributed by atoms with E-state index in [1.807, 2.05) is 49.9 Å². The Labute approximate surface area is 216 Å². The standard InChI is InChI=1S/C25H26ClF3N8/c1-23(2)13-36-12-15(16-10-19(30-11-17(16)26)32-20-5-8-31-35(20)3)9-18(36)21-33-34-22(37(21)14-23)24(6-4-7-24)25(27,28)29/h5,8-12H,4,6-7,13-14H2,1-3H3,(H,30,32). The maximum atomic E-state index is 14.2. The predicted octanol–water partition coefficient (Wildman–Crippen LogP) is 5.96. The summed E-state index contributed by atoms with van der Waals surface area (Å²) in [5, 5.41) is 16.3. The number of nitrogens with one attached hydrogen (secondary N) is 1. The average Bonchev–Trinajstić information content (AvgIpc) is 3.46. The van der Waals surface area contributed by atoms with Crippen LogP contribution in [0.2, 0.25) is 5.02 Å². The Morgan fingerprint density at radius 1 is 1.11 bits per heavy atom. The first-order chi connectivity index (χ1) is 17.5. The lowest BCUT2D eigenvalue weighted by Gasteiger charge is -2.42. The molecule has 1 fully saturated rings. The largest absolute Gasteiger partial charge is 0.401 e. The van der Waals surface area contributed by atoms with Crippen molar-refractivity contribution in [3.63, 3.8) is 0 Å². The number of pyridine rings is 1. The van der Waals surface area contributed by atoms with Crippen LogP contribution in [0.4, 0.5) is 24.8 Å². The maximum absolute atomic E-state index is 14.2. The van der Waals surface area contributed by atoms with Gasteiger partial charge in [-0.25, -0.2) is 4.98 Å². The van der Waals surface area contributed by atoms with Crippen molar-refractivity contribution in [1.82, 2.24) is 34.1 Å². The number of halogens is 4. The molecule has 0 unspecified atom stereocenters. The van der Waals surface area contributed by atoms with E-state index >= 15 is 0 Å². The van der Waals surface area contributed by atoms with Gasteiger partial charge in [0.2, 0.25) is 0 Å². The smallest absolute Gasteiger partial charge is 0.344 e. The Morgan fingerprint density at radius 2 is 1.89 bits per heavy atom.